The molecule has 90 valence electrons. The number of nitro benzene ring substituents is 1. The van der Waals surface area contributed by atoms with E-state index in [1.54, 1.807) is 12.1 Å². The van der Waals surface area contributed by atoms with Crippen LogP contribution in [0.2, 0.25) is 0 Å². The van der Waals surface area contributed by atoms with Gasteiger partial charge in [-0.05, 0) is 6.07 Å². The Morgan fingerprint density at radius 2 is 2.06 bits per heavy atom. The zero-order valence-electron chi connectivity index (χ0n) is 9.58. The first-order valence-electron chi connectivity index (χ1n) is 5.12. The van der Waals surface area contributed by atoms with E-state index < -0.39 is 4.92 Å². The fourth-order valence-corrected chi connectivity index (χ4v) is 1.33. The highest BCUT2D eigenvalue weighted by Crippen LogP contribution is 2.26. The van der Waals surface area contributed by atoms with E-state index >= 15 is 0 Å². The maximum Gasteiger partial charge on any atom is 0.270 e. The highest BCUT2D eigenvalue weighted by molar-refractivity contribution is 5.86. The minimum Gasteiger partial charge on any atom is -0.411 e. The van der Waals surface area contributed by atoms with Crippen molar-refractivity contribution in [3.63, 3.8) is 0 Å². The molecule has 0 amide bonds. The third kappa shape index (κ3) is 2.67. The molecular formula is C11H13N3O3. The number of fused-ring (bicyclic) bond motifs is 1. The lowest BCUT2D eigenvalue weighted by Gasteiger charge is -2.02. The SMILES string of the molecule is CC.NOc1ccnc2ccc([N+](=O)[O-])cc12. The second-order valence-corrected chi connectivity index (χ2v) is 2.89. The summed E-state index contributed by atoms with van der Waals surface area (Å²) in [5.74, 6) is 5.41. The summed E-state index contributed by atoms with van der Waals surface area (Å²) in [7, 11) is 0. The first kappa shape index (κ1) is 12.9. The maximum absolute atomic E-state index is 10.6. The van der Waals surface area contributed by atoms with E-state index in [0.717, 1.165) is 0 Å². The molecule has 1 aromatic heterocycles. The van der Waals surface area contributed by atoms with Crippen molar-refractivity contribution in [2.75, 3.05) is 0 Å². The van der Waals surface area contributed by atoms with Gasteiger partial charge in [-0.1, -0.05) is 13.8 Å². The van der Waals surface area contributed by atoms with E-state index in [9.17, 15) is 10.1 Å². The number of benzene rings is 1. The van der Waals surface area contributed by atoms with Crippen molar-refractivity contribution in [2.45, 2.75) is 13.8 Å². The fourth-order valence-electron chi connectivity index (χ4n) is 1.33. The highest BCUT2D eigenvalue weighted by atomic mass is 16.6. The average molecular weight is 235 g/mol. The lowest BCUT2D eigenvalue weighted by Crippen LogP contribution is -2.02. The minimum absolute atomic E-state index is 0.0196. The minimum atomic E-state index is -0.479. The van der Waals surface area contributed by atoms with Crippen molar-refractivity contribution in [3.8, 4) is 5.75 Å². The average Bonchev–Trinajstić information content (AvgIpc) is 2.39. The number of aromatic nitrogens is 1. The molecule has 1 aromatic carbocycles. The molecule has 0 aliphatic carbocycles. The number of rotatable bonds is 2. The monoisotopic (exact) mass is 235 g/mol. The predicted octanol–water partition coefficient (Wildman–Crippen LogP) is 2.42. The van der Waals surface area contributed by atoms with Gasteiger partial charge in [0.05, 0.1) is 15.8 Å². The molecule has 0 aliphatic rings. The van der Waals surface area contributed by atoms with Crippen LogP contribution in [-0.4, -0.2) is 9.91 Å². The Morgan fingerprint density at radius 1 is 1.35 bits per heavy atom. The number of non-ortho nitro benzene ring substituents is 1. The van der Waals surface area contributed by atoms with Gasteiger partial charge < -0.3 is 4.84 Å². The van der Waals surface area contributed by atoms with E-state index in [4.69, 9.17) is 5.90 Å². The molecule has 6 heteroatoms. The Kier molecular flexibility index (Phi) is 4.36. The topological polar surface area (TPSA) is 91.3 Å². The van der Waals surface area contributed by atoms with Gasteiger partial charge in [-0.3, -0.25) is 15.1 Å². The quantitative estimate of drug-likeness (QED) is 0.637. The third-order valence-electron chi connectivity index (χ3n) is 2.02. The van der Waals surface area contributed by atoms with Crippen LogP contribution in [0, 0.1) is 10.1 Å². The Hall–Kier alpha value is -2.21. The predicted molar refractivity (Wildman–Crippen MR) is 64.6 cm³/mol. The summed E-state index contributed by atoms with van der Waals surface area (Å²) in [5.41, 5.74) is 0.581. The standard InChI is InChI=1S/C9H7N3O3.C2H6/c10-15-9-3-4-11-8-2-1-6(12(13)14)5-7(8)9;1-2/h1-5H,10H2;1-2H3. The second-order valence-electron chi connectivity index (χ2n) is 2.89. The van der Waals surface area contributed by atoms with Crippen LogP contribution in [0.4, 0.5) is 5.69 Å². The van der Waals surface area contributed by atoms with Gasteiger partial charge in [-0.25, -0.2) is 0 Å². The van der Waals surface area contributed by atoms with Gasteiger partial charge in [0, 0.05) is 24.4 Å². The summed E-state index contributed by atoms with van der Waals surface area (Å²) in [6.45, 7) is 4.00. The summed E-state index contributed by atoms with van der Waals surface area (Å²) in [6.07, 6.45) is 1.52. The van der Waals surface area contributed by atoms with Crippen molar-refractivity contribution in [1.29, 1.82) is 0 Å². The molecule has 0 fully saturated rings. The molecule has 6 nitrogen and oxygen atoms in total. The number of pyridine rings is 1. The number of hydrogen-bond donors (Lipinski definition) is 1. The molecule has 0 unspecified atom stereocenters. The van der Waals surface area contributed by atoms with Crippen molar-refractivity contribution in [3.05, 3.63) is 40.6 Å². The Morgan fingerprint density at radius 3 is 2.65 bits per heavy atom. The third-order valence-corrected chi connectivity index (χ3v) is 2.02. The Labute approximate surface area is 98.1 Å². The van der Waals surface area contributed by atoms with Gasteiger partial charge in [0.15, 0.2) is 5.75 Å². The summed E-state index contributed by atoms with van der Waals surface area (Å²) >= 11 is 0. The van der Waals surface area contributed by atoms with Gasteiger partial charge in [-0.15, -0.1) is 0 Å². The zero-order chi connectivity index (χ0) is 12.8. The number of hydrogen-bond acceptors (Lipinski definition) is 5. The van der Waals surface area contributed by atoms with Crippen molar-refractivity contribution >= 4 is 16.6 Å². The van der Waals surface area contributed by atoms with Gasteiger partial charge in [-0.2, -0.15) is 5.90 Å². The van der Waals surface area contributed by atoms with Crippen molar-refractivity contribution in [1.82, 2.24) is 4.98 Å². The largest absolute Gasteiger partial charge is 0.411 e. The molecule has 0 atom stereocenters. The van der Waals surface area contributed by atoms with E-state index in [0.29, 0.717) is 16.7 Å². The number of nitrogens with two attached hydrogens (primary N) is 1. The lowest BCUT2D eigenvalue weighted by molar-refractivity contribution is -0.384. The summed E-state index contributed by atoms with van der Waals surface area (Å²) < 4.78 is 0. The highest BCUT2D eigenvalue weighted by Gasteiger charge is 2.09. The molecule has 2 N–H and O–H groups in total. The molecule has 0 bridgehead atoms. The summed E-state index contributed by atoms with van der Waals surface area (Å²) in [4.78, 5) is 18.7. The van der Waals surface area contributed by atoms with Crippen LogP contribution in [0.3, 0.4) is 0 Å². The molecule has 0 spiro atoms. The molecule has 0 radical (unpaired) electrons. The molecule has 0 aliphatic heterocycles. The van der Waals surface area contributed by atoms with Crippen molar-refractivity contribution < 1.29 is 9.76 Å². The van der Waals surface area contributed by atoms with Crippen LogP contribution in [0.15, 0.2) is 30.5 Å². The Bertz CT molecular complexity index is 528. The molecular weight excluding hydrogens is 222 g/mol. The van der Waals surface area contributed by atoms with Crippen LogP contribution in [0.5, 0.6) is 5.75 Å². The smallest absolute Gasteiger partial charge is 0.270 e. The first-order chi connectivity index (χ1) is 8.22. The van der Waals surface area contributed by atoms with Gasteiger partial charge in [0.1, 0.15) is 0 Å². The second kappa shape index (κ2) is 5.76. The summed E-state index contributed by atoms with van der Waals surface area (Å²) in [5, 5.41) is 11.1. The normalized spacial score (nSPS) is 9.35. The van der Waals surface area contributed by atoms with Crippen LogP contribution < -0.4 is 10.7 Å². The van der Waals surface area contributed by atoms with E-state index in [1.165, 1.54) is 18.3 Å². The molecule has 0 saturated heterocycles. The molecule has 1 heterocycles. The van der Waals surface area contributed by atoms with Gasteiger partial charge in [0.25, 0.3) is 5.69 Å². The fraction of sp³-hybridized carbons (Fsp3) is 0.182. The van der Waals surface area contributed by atoms with Crippen molar-refractivity contribution in [2.24, 2.45) is 5.90 Å². The van der Waals surface area contributed by atoms with E-state index in [1.807, 2.05) is 13.8 Å². The number of nitrogens with zero attached hydrogens (tertiary/aromatic N) is 2. The van der Waals surface area contributed by atoms with Gasteiger partial charge >= 0.3 is 0 Å². The molecule has 2 rings (SSSR count). The van der Waals surface area contributed by atoms with E-state index in [-0.39, 0.29) is 5.69 Å². The zero-order valence-corrected chi connectivity index (χ0v) is 9.58. The molecule has 0 saturated carbocycles. The summed E-state index contributed by atoms with van der Waals surface area (Å²) in [6, 6.07) is 5.86. The maximum atomic E-state index is 10.6. The van der Waals surface area contributed by atoms with E-state index in [2.05, 4.69) is 9.82 Å². The van der Waals surface area contributed by atoms with Gasteiger partial charge in [0.2, 0.25) is 0 Å². The molecule has 17 heavy (non-hydrogen) atoms. The van der Waals surface area contributed by atoms with Crippen LogP contribution >= 0.6 is 0 Å². The van der Waals surface area contributed by atoms with Crippen LogP contribution in [-0.2, 0) is 0 Å². The lowest BCUT2D eigenvalue weighted by atomic mass is 10.2. The van der Waals surface area contributed by atoms with Crippen LogP contribution in [0.25, 0.3) is 10.9 Å². The Balaban J connectivity index is 0.000000686. The molecule has 2 aromatic rings. The first-order valence-corrected chi connectivity index (χ1v) is 5.12. The van der Waals surface area contributed by atoms with Crippen LogP contribution in [0.1, 0.15) is 13.8 Å². The number of nitro groups is 1.